The van der Waals surface area contributed by atoms with E-state index in [2.05, 4.69) is 4.98 Å². The fourth-order valence-electron chi connectivity index (χ4n) is 2.35. The Kier molecular flexibility index (Phi) is 5.46. The number of aryl methyl sites for hydroxylation is 1. The number of nitrogens with two attached hydrogens (primary N) is 1. The molecule has 24 heavy (non-hydrogen) atoms. The van der Waals surface area contributed by atoms with Crippen LogP contribution in [0.1, 0.15) is 30.9 Å². The Labute approximate surface area is 143 Å². The molecule has 3 N–H and O–H groups in total. The Hall–Kier alpha value is -2.12. The summed E-state index contributed by atoms with van der Waals surface area (Å²) >= 11 is 0. The highest BCUT2D eigenvalue weighted by molar-refractivity contribution is 7.92. The second-order valence-corrected chi connectivity index (χ2v) is 7.79. The van der Waals surface area contributed by atoms with Crippen molar-refractivity contribution < 1.29 is 13.5 Å². The maximum absolute atomic E-state index is 13.0. The molecule has 0 saturated carbocycles. The molecule has 0 bridgehead atoms. The maximum Gasteiger partial charge on any atom is 0.265 e. The lowest BCUT2D eigenvalue weighted by Gasteiger charge is -2.24. The van der Waals surface area contributed by atoms with Crippen LogP contribution in [0.4, 0.5) is 11.5 Å². The largest absolute Gasteiger partial charge is 0.394 e. The molecule has 0 amide bonds. The van der Waals surface area contributed by atoms with Gasteiger partial charge < -0.3 is 10.8 Å². The van der Waals surface area contributed by atoms with E-state index in [-0.39, 0.29) is 24.0 Å². The molecule has 6 nitrogen and oxygen atoms in total. The fourth-order valence-corrected chi connectivity index (χ4v) is 3.83. The second-order valence-electron chi connectivity index (χ2n) is 5.92. The van der Waals surface area contributed by atoms with Crippen molar-refractivity contribution in [3.63, 3.8) is 0 Å². The number of sulfonamides is 1. The number of benzene rings is 1. The average Bonchev–Trinajstić information content (AvgIpc) is 2.55. The topological polar surface area (TPSA) is 96.5 Å². The number of nitrogen functional groups attached to an aromatic ring is 1. The van der Waals surface area contributed by atoms with Gasteiger partial charge in [-0.3, -0.25) is 4.31 Å². The third-order valence-corrected chi connectivity index (χ3v) is 5.60. The number of aliphatic hydroxyl groups is 1. The van der Waals surface area contributed by atoms with Crippen LogP contribution in [0.3, 0.4) is 0 Å². The normalized spacial score (nSPS) is 11.7. The van der Waals surface area contributed by atoms with Crippen molar-refractivity contribution in [1.29, 1.82) is 0 Å². The number of rotatable bonds is 6. The van der Waals surface area contributed by atoms with Gasteiger partial charge in [-0.1, -0.05) is 26.0 Å². The molecule has 0 fully saturated rings. The molecule has 130 valence electrons. The van der Waals surface area contributed by atoms with Crippen molar-refractivity contribution in [2.75, 3.05) is 23.2 Å². The Morgan fingerprint density at radius 3 is 2.58 bits per heavy atom. The van der Waals surface area contributed by atoms with Crippen LogP contribution in [-0.2, 0) is 10.0 Å². The molecule has 2 rings (SSSR count). The van der Waals surface area contributed by atoms with Crippen LogP contribution in [0.15, 0.2) is 41.4 Å². The van der Waals surface area contributed by atoms with Gasteiger partial charge in [-0.25, -0.2) is 13.4 Å². The Morgan fingerprint density at radius 1 is 1.29 bits per heavy atom. The van der Waals surface area contributed by atoms with E-state index in [4.69, 9.17) is 5.73 Å². The van der Waals surface area contributed by atoms with E-state index in [0.29, 0.717) is 17.1 Å². The maximum atomic E-state index is 13.0. The minimum absolute atomic E-state index is 0.0344. The van der Waals surface area contributed by atoms with Gasteiger partial charge in [0.05, 0.1) is 18.8 Å². The summed E-state index contributed by atoms with van der Waals surface area (Å²) in [6.07, 6.45) is 1.24. The highest BCUT2D eigenvalue weighted by Crippen LogP contribution is 2.27. The summed E-state index contributed by atoms with van der Waals surface area (Å²) in [5.41, 5.74) is 7.81. The van der Waals surface area contributed by atoms with Crippen LogP contribution in [0, 0.1) is 6.92 Å². The molecule has 1 heterocycles. The Bertz CT molecular complexity index is 820. The molecule has 1 aromatic heterocycles. The lowest BCUT2D eigenvalue weighted by atomic mass is 10.0. The monoisotopic (exact) mass is 349 g/mol. The van der Waals surface area contributed by atoms with E-state index in [0.717, 1.165) is 5.56 Å². The molecule has 0 saturated heterocycles. The highest BCUT2D eigenvalue weighted by atomic mass is 32.2. The number of aliphatic hydroxyl groups excluding tert-OH is 1. The number of pyridine rings is 1. The zero-order valence-electron chi connectivity index (χ0n) is 14.1. The first-order valence-corrected chi connectivity index (χ1v) is 9.17. The van der Waals surface area contributed by atoms with Gasteiger partial charge in [0.2, 0.25) is 0 Å². The SMILES string of the molecule is Cc1cc(S(=O)(=O)N(CCO)c2cccc(C(C)C)c2)cnc1N. The van der Waals surface area contributed by atoms with Crippen LogP contribution in [-0.4, -0.2) is 31.7 Å². The van der Waals surface area contributed by atoms with Gasteiger partial charge in [0, 0.05) is 6.20 Å². The quantitative estimate of drug-likeness (QED) is 0.834. The predicted molar refractivity (Wildman–Crippen MR) is 95.5 cm³/mol. The molecule has 1 aromatic carbocycles. The van der Waals surface area contributed by atoms with Crippen molar-refractivity contribution in [2.45, 2.75) is 31.6 Å². The van der Waals surface area contributed by atoms with E-state index in [1.54, 1.807) is 13.0 Å². The van der Waals surface area contributed by atoms with Gasteiger partial charge in [0.1, 0.15) is 10.7 Å². The molecule has 0 aliphatic carbocycles. The second kappa shape index (κ2) is 7.19. The smallest absolute Gasteiger partial charge is 0.265 e. The van der Waals surface area contributed by atoms with Crippen LogP contribution in [0.2, 0.25) is 0 Å². The molecule has 2 aromatic rings. The minimum atomic E-state index is -3.84. The molecular formula is C17H23N3O3S. The number of hydrogen-bond donors (Lipinski definition) is 2. The number of anilines is 2. The van der Waals surface area contributed by atoms with Crippen molar-refractivity contribution in [1.82, 2.24) is 4.98 Å². The van der Waals surface area contributed by atoms with Crippen molar-refractivity contribution in [3.05, 3.63) is 47.7 Å². The van der Waals surface area contributed by atoms with Gasteiger partial charge >= 0.3 is 0 Å². The number of nitrogens with zero attached hydrogens (tertiary/aromatic N) is 2. The molecule has 0 radical (unpaired) electrons. The van der Waals surface area contributed by atoms with Crippen molar-refractivity contribution in [2.24, 2.45) is 0 Å². The van der Waals surface area contributed by atoms with Gasteiger partial charge in [-0.15, -0.1) is 0 Å². The van der Waals surface area contributed by atoms with Crippen LogP contribution < -0.4 is 10.0 Å². The lowest BCUT2D eigenvalue weighted by molar-refractivity contribution is 0.306. The molecule has 0 aliphatic heterocycles. The van der Waals surface area contributed by atoms with Crippen LogP contribution >= 0.6 is 0 Å². The summed E-state index contributed by atoms with van der Waals surface area (Å²) in [4.78, 5) is 3.99. The minimum Gasteiger partial charge on any atom is -0.394 e. The van der Waals surface area contributed by atoms with E-state index < -0.39 is 10.0 Å². The highest BCUT2D eigenvalue weighted by Gasteiger charge is 2.25. The zero-order chi connectivity index (χ0) is 17.9. The van der Waals surface area contributed by atoms with Crippen LogP contribution in [0.5, 0.6) is 0 Å². The summed E-state index contributed by atoms with van der Waals surface area (Å²) < 4.78 is 27.2. The summed E-state index contributed by atoms with van der Waals surface area (Å²) in [5.74, 6) is 0.563. The number of hydrogen-bond acceptors (Lipinski definition) is 5. The van der Waals surface area contributed by atoms with Gasteiger partial charge in [-0.2, -0.15) is 0 Å². The molecular weight excluding hydrogens is 326 g/mol. The molecule has 0 unspecified atom stereocenters. The molecule has 0 spiro atoms. The summed E-state index contributed by atoms with van der Waals surface area (Å²) in [7, 11) is -3.84. The van der Waals surface area contributed by atoms with Crippen molar-refractivity contribution in [3.8, 4) is 0 Å². The van der Waals surface area contributed by atoms with Gasteiger partial charge in [0.25, 0.3) is 10.0 Å². The Balaban J connectivity index is 2.53. The summed E-state index contributed by atoms with van der Waals surface area (Å²) in [5, 5.41) is 9.34. The van der Waals surface area contributed by atoms with E-state index in [9.17, 15) is 13.5 Å². The third kappa shape index (κ3) is 3.68. The predicted octanol–water partition coefficient (Wildman–Crippen LogP) is 2.28. The third-order valence-electron chi connectivity index (χ3n) is 3.81. The average molecular weight is 349 g/mol. The first-order chi connectivity index (χ1) is 11.3. The first kappa shape index (κ1) is 18.2. The van der Waals surface area contributed by atoms with Crippen LogP contribution in [0.25, 0.3) is 0 Å². The van der Waals surface area contributed by atoms with E-state index in [1.165, 1.54) is 16.6 Å². The zero-order valence-corrected chi connectivity index (χ0v) is 14.9. The molecule has 7 heteroatoms. The lowest BCUT2D eigenvalue weighted by Crippen LogP contribution is -2.33. The molecule has 0 aliphatic rings. The van der Waals surface area contributed by atoms with Crippen molar-refractivity contribution >= 4 is 21.5 Å². The fraction of sp³-hybridized carbons (Fsp3) is 0.353. The first-order valence-electron chi connectivity index (χ1n) is 7.73. The summed E-state index contributed by atoms with van der Waals surface area (Å²) in [6, 6.07) is 8.81. The summed E-state index contributed by atoms with van der Waals surface area (Å²) in [6.45, 7) is 5.46. The standard InChI is InChI=1S/C17H23N3O3S/c1-12(2)14-5-4-6-15(10-14)20(7-8-21)24(22,23)16-9-13(3)17(18)19-11-16/h4-6,9-12,21H,7-8H2,1-3H3,(H2,18,19). The van der Waals surface area contributed by atoms with E-state index in [1.807, 2.05) is 32.0 Å². The number of aromatic nitrogens is 1. The van der Waals surface area contributed by atoms with Gasteiger partial charge in [-0.05, 0) is 42.2 Å². The van der Waals surface area contributed by atoms with Gasteiger partial charge in [0.15, 0.2) is 0 Å². The Morgan fingerprint density at radius 2 is 2.00 bits per heavy atom. The van der Waals surface area contributed by atoms with E-state index >= 15 is 0 Å². The molecule has 0 atom stereocenters.